The van der Waals surface area contributed by atoms with Crippen LogP contribution in [0.4, 0.5) is 0 Å². The summed E-state index contributed by atoms with van der Waals surface area (Å²) in [7, 11) is 0. The van der Waals surface area contributed by atoms with Crippen LogP contribution in [0.2, 0.25) is 0 Å². The molecule has 4 nitrogen and oxygen atoms in total. The number of esters is 1. The lowest BCUT2D eigenvalue weighted by atomic mass is 9.90. The average Bonchev–Trinajstić information content (AvgIpc) is 2.03. The van der Waals surface area contributed by atoms with Gasteiger partial charge in [0.1, 0.15) is 11.7 Å². The molecule has 0 aromatic rings. The fraction of sp³-hybridized carbons (Fsp3) is 0.889. The maximum absolute atomic E-state index is 11.2. The van der Waals surface area contributed by atoms with E-state index in [1.807, 2.05) is 6.92 Å². The Hall–Kier alpha value is -0.610. The van der Waals surface area contributed by atoms with E-state index in [1.54, 1.807) is 0 Å². The number of hydrogen-bond donors (Lipinski definition) is 1. The molecule has 0 bridgehead atoms. The van der Waals surface area contributed by atoms with Gasteiger partial charge in [0.25, 0.3) is 0 Å². The molecular formula is C9H17NO3. The molecule has 0 aromatic carbocycles. The van der Waals surface area contributed by atoms with Gasteiger partial charge in [-0.25, -0.2) is 5.90 Å². The van der Waals surface area contributed by atoms with Crippen LogP contribution < -0.4 is 5.90 Å². The Morgan fingerprint density at radius 1 is 1.77 bits per heavy atom. The van der Waals surface area contributed by atoms with Crippen molar-refractivity contribution in [2.24, 2.45) is 5.90 Å². The SMILES string of the molecule is CCCC1CC(C)(ON)CC(=O)O1. The van der Waals surface area contributed by atoms with Crippen LogP contribution in [0.5, 0.6) is 0 Å². The molecule has 0 spiro atoms. The second-order valence-electron chi connectivity index (χ2n) is 3.85. The zero-order chi connectivity index (χ0) is 9.90. The van der Waals surface area contributed by atoms with Crippen molar-refractivity contribution < 1.29 is 14.4 Å². The van der Waals surface area contributed by atoms with Gasteiger partial charge in [0.15, 0.2) is 0 Å². The number of ether oxygens (including phenoxy) is 1. The maximum Gasteiger partial charge on any atom is 0.309 e. The minimum Gasteiger partial charge on any atom is -0.462 e. The summed E-state index contributed by atoms with van der Waals surface area (Å²) in [6.07, 6.45) is 2.80. The zero-order valence-electron chi connectivity index (χ0n) is 8.21. The smallest absolute Gasteiger partial charge is 0.309 e. The molecule has 76 valence electrons. The van der Waals surface area contributed by atoms with Gasteiger partial charge in [0, 0.05) is 6.42 Å². The van der Waals surface area contributed by atoms with Gasteiger partial charge in [-0.3, -0.25) is 9.63 Å². The van der Waals surface area contributed by atoms with E-state index in [2.05, 4.69) is 6.92 Å². The number of carbonyl (C=O) groups is 1. The largest absolute Gasteiger partial charge is 0.462 e. The molecule has 1 heterocycles. The predicted molar refractivity (Wildman–Crippen MR) is 47.7 cm³/mol. The molecular weight excluding hydrogens is 170 g/mol. The van der Waals surface area contributed by atoms with Gasteiger partial charge in [-0.15, -0.1) is 0 Å². The third-order valence-corrected chi connectivity index (χ3v) is 2.37. The van der Waals surface area contributed by atoms with Crippen LogP contribution in [-0.4, -0.2) is 17.7 Å². The summed E-state index contributed by atoms with van der Waals surface area (Å²) in [6.45, 7) is 3.90. The summed E-state index contributed by atoms with van der Waals surface area (Å²) in [5.74, 6) is 4.94. The Labute approximate surface area is 78.3 Å². The Bertz CT molecular complexity index is 195. The van der Waals surface area contributed by atoms with Crippen LogP contribution >= 0.6 is 0 Å². The average molecular weight is 187 g/mol. The number of rotatable bonds is 3. The van der Waals surface area contributed by atoms with Crippen LogP contribution in [0.3, 0.4) is 0 Å². The summed E-state index contributed by atoms with van der Waals surface area (Å²) < 4.78 is 5.15. The summed E-state index contributed by atoms with van der Waals surface area (Å²) in [4.78, 5) is 16.0. The molecule has 1 aliphatic rings. The van der Waals surface area contributed by atoms with E-state index in [-0.39, 0.29) is 18.5 Å². The van der Waals surface area contributed by atoms with Crippen molar-refractivity contribution in [1.82, 2.24) is 0 Å². The normalized spacial score (nSPS) is 34.4. The highest BCUT2D eigenvalue weighted by molar-refractivity contribution is 5.71. The highest BCUT2D eigenvalue weighted by atomic mass is 16.6. The molecule has 0 aliphatic carbocycles. The van der Waals surface area contributed by atoms with Crippen LogP contribution in [0.25, 0.3) is 0 Å². The molecule has 1 saturated heterocycles. The summed E-state index contributed by atoms with van der Waals surface area (Å²) in [5.41, 5.74) is -0.533. The van der Waals surface area contributed by atoms with E-state index >= 15 is 0 Å². The minimum atomic E-state index is -0.533. The van der Waals surface area contributed by atoms with Gasteiger partial charge >= 0.3 is 5.97 Å². The van der Waals surface area contributed by atoms with E-state index in [0.717, 1.165) is 12.8 Å². The Morgan fingerprint density at radius 2 is 2.46 bits per heavy atom. The molecule has 0 amide bonds. The van der Waals surface area contributed by atoms with Crippen molar-refractivity contribution >= 4 is 5.97 Å². The second-order valence-corrected chi connectivity index (χ2v) is 3.85. The Morgan fingerprint density at radius 3 is 3.00 bits per heavy atom. The first-order valence-corrected chi connectivity index (χ1v) is 4.67. The Kier molecular flexibility index (Phi) is 3.27. The van der Waals surface area contributed by atoms with E-state index in [0.29, 0.717) is 6.42 Å². The molecule has 0 aromatic heterocycles. The lowest BCUT2D eigenvalue weighted by Crippen LogP contribution is -2.44. The monoisotopic (exact) mass is 187 g/mol. The standard InChI is InChI=1S/C9H17NO3/c1-3-4-7-5-9(2,13-10)6-8(11)12-7/h7H,3-6,10H2,1-2H3. The third-order valence-electron chi connectivity index (χ3n) is 2.37. The van der Waals surface area contributed by atoms with E-state index in [1.165, 1.54) is 0 Å². The van der Waals surface area contributed by atoms with Crippen molar-refractivity contribution in [3.8, 4) is 0 Å². The quantitative estimate of drug-likeness (QED) is 0.531. The number of carbonyl (C=O) groups excluding carboxylic acids is 1. The van der Waals surface area contributed by atoms with Crippen molar-refractivity contribution in [2.75, 3.05) is 0 Å². The van der Waals surface area contributed by atoms with Gasteiger partial charge in [-0.2, -0.15) is 0 Å². The first-order chi connectivity index (χ1) is 6.09. The summed E-state index contributed by atoms with van der Waals surface area (Å²) in [6, 6.07) is 0. The van der Waals surface area contributed by atoms with Crippen LogP contribution in [0.15, 0.2) is 0 Å². The molecule has 2 unspecified atom stereocenters. The second kappa shape index (κ2) is 4.07. The van der Waals surface area contributed by atoms with E-state index < -0.39 is 5.60 Å². The molecule has 0 radical (unpaired) electrons. The highest BCUT2D eigenvalue weighted by Crippen LogP contribution is 2.29. The van der Waals surface area contributed by atoms with E-state index in [4.69, 9.17) is 15.5 Å². The van der Waals surface area contributed by atoms with Crippen molar-refractivity contribution in [3.05, 3.63) is 0 Å². The van der Waals surface area contributed by atoms with Crippen molar-refractivity contribution in [3.63, 3.8) is 0 Å². The van der Waals surface area contributed by atoms with Crippen LogP contribution in [0.1, 0.15) is 39.5 Å². The number of cyclic esters (lactones) is 1. The first kappa shape index (κ1) is 10.5. The van der Waals surface area contributed by atoms with Crippen molar-refractivity contribution in [2.45, 2.75) is 51.2 Å². The number of hydrogen-bond acceptors (Lipinski definition) is 4. The molecule has 4 heteroatoms. The van der Waals surface area contributed by atoms with E-state index in [9.17, 15) is 4.79 Å². The predicted octanol–water partition coefficient (Wildman–Crippen LogP) is 1.14. The van der Waals surface area contributed by atoms with Crippen molar-refractivity contribution in [1.29, 1.82) is 0 Å². The summed E-state index contributed by atoms with van der Waals surface area (Å²) >= 11 is 0. The lowest BCUT2D eigenvalue weighted by molar-refractivity contribution is -0.176. The molecule has 1 aliphatic heterocycles. The van der Waals surface area contributed by atoms with Gasteiger partial charge in [0.2, 0.25) is 0 Å². The third kappa shape index (κ3) is 2.67. The first-order valence-electron chi connectivity index (χ1n) is 4.67. The highest BCUT2D eigenvalue weighted by Gasteiger charge is 2.38. The molecule has 0 saturated carbocycles. The lowest BCUT2D eigenvalue weighted by Gasteiger charge is -2.35. The van der Waals surface area contributed by atoms with Gasteiger partial charge in [-0.05, 0) is 13.3 Å². The molecule has 1 rings (SSSR count). The number of nitrogens with two attached hydrogens (primary N) is 1. The summed E-state index contributed by atoms with van der Waals surface area (Å²) in [5, 5.41) is 0. The zero-order valence-corrected chi connectivity index (χ0v) is 8.21. The van der Waals surface area contributed by atoms with Gasteiger partial charge in [-0.1, -0.05) is 13.3 Å². The fourth-order valence-electron chi connectivity index (χ4n) is 1.70. The topological polar surface area (TPSA) is 61.5 Å². The molecule has 2 N–H and O–H groups in total. The Balaban J connectivity index is 2.57. The maximum atomic E-state index is 11.2. The minimum absolute atomic E-state index is 0.0280. The van der Waals surface area contributed by atoms with Gasteiger partial charge < -0.3 is 4.74 Å². The van der Waals surface area contributed by atoms with Crippen LogP contribution in [0, 0.1) is 0 Å². The van der Waals surface area contributed by atoms with Crippen LogP contribution in [-0.2, 0) is 14.4 Å². The fourth-order valence-corrected chi connectivity index (χ4v) is 1.70. The van der Waals surface area contributed by atoms with Gasteiger partial charge in [0.05, 0.1) is 6.42 Å². The molecule has 13 heavy (non-hydrogen) atoms. The molecule has 2 atom stereocenters. The molecule has 1 fully saturated rings.